The fourth-order valence-electron chi connectivity index (χ4n) is 1.97. The van der Waals surface area contributed by atoms with Gasteiger partial charge in [-0.2, -0.15) is 5.10 Å². The van der Waals surface area contributed by atoms with E-state index in [0.717, 1.165) is 5.69 Å². The normalized spacial score (nSPS) is 15.0. The Morgan fingerprint density at radius 3 is 2.67 bits per heavy atom. The van der Waals surface area contributed by atoms with E-state index in [1.54, 1.807) is 11.0 Å². The number of nitrogens with one attached hydrogen (secondary N) is 2. The van der Waals surface area contributed by atoms with Gasteiger partial charge in [0.05, 0.1) is 5.69 Å². The van der Waals surface area contributed by atoms with Crippen LogP contribution in [0.5, 0.6) is 0 Å². The summed E-state index contributed by atoms with van der Waals surface area (Å²) in [4.78, 5) is 24.9. The maximum atomic E-state index is 11.9. The summed E-state index contributed by atoms with van der Waals surface area (Å²) in [6.07, 6.45) is 0. The second-order valence-corrected chi connectivity index (χ2v) is 6.03. The minimum atomic E-state index is -0.275. The van der Waals surface area contributed by atoms with Gasteiger partial charge in [-0.1, -0.05) is 20.8 Å². The second kappa shape index (κ2) is 6.07. The highest BCUT2D eigenvalue weighted by atomic mass is 16.2. The Bertz CT molecular complexity index is 521. The van der Waals surface area contributed by atoms with E-state index >= 15 is 0 Å². The Hall–Kier alpha value is -2.18. The lowest BCUT2D eigenvalue weighted by Gasteiger charge is -2.16. The highest BCUT2D eigenvalue weighted by Gasteiger charge is 2.19. The summed E-state index contributed by atoms with van der Waals surface area (Å²) in [7, 11) is 0. The smallest absolute Gasteiger partial charge is 0.317 e. The number of hydrogen-bond acceptors (Lipinski definition) is 4. The number of hydrogen-bond donors (Lipinski definition) is 2. The third-order valence-electron chi connectivity index (χ3n) is 3.28. The molecule has 0 saturated carbocycles. The molecule has 0 spiro atoms. The van der Waals surface area contributed by atoms with Crippen molar-refractivity contribution in [3.63, 3.8) is 0 Å². The van der Waals surface area contributed by atoms with Crippen LogP contribution >= 0.6 is 0 Å². The molecule has 114 valence electrons. The van der Waals surface area contributed by atoms with Crippen LogP contribution in [0.1, 0.15) is 37.0 Å². The van der Waals surface area contributed by atoms with Crippen LogP contribution in [0.2, 0.25) is 0 Å². The lowest BCUT2D eigenvalue weighted by Crippen LogP contribution is -2.37. The summed E-state index contributed by atoms with van der Waals surface area (Å²) >= 11 is 0. The zero-order valence-electron chi connectivity index (χ0n) is 12.6. The van der Waals surface area contributed by atoms with Gasteiger partial charge >= 0.3 is 6.03 Å². The first kappa shape index (κ1) is 15.2. The number of carbonyl (C=O) groups excluding carboxylic acids is 2. The Morgan fingerprint density at radius 1 is 1.38 bits per heavy atom. The number of nitrogens with zero attached hydrogens (tertiary/aromatic N) is 3. The minimum Gasteiger partial charge on any atom is -0.349 e. The van der Waals surface area contributed by atoms with Crippen molar-refractivity contribution < 1.29 is 9.59 Å². The summed E-state index contributed by atoms with van der Waals surface area (Å²) < 4.78 is 0. The van der Waals surface area contributed by atoms with Crippen LogP contribution in [0.3, 0.4) is 0 Å². The summed E-state index contributed by atoms with van der Waals surface area (Å²) in [5.41, 5.74) is 1.03. The molecule has 1 saturated heterocycles. The van der Waals surface area contributed by atoms with Crippen LogP contribution in [0.25, 0.3) is 0 Å². The maximum absolute atomic E-state index is 11.9. The molecular formula is C14H21N5O2. The largest absolute Gasteiger partial charge is 0.349 e. The lowest BCUT2D eigenvalue weighted by atomic mass is 9.92. The molecule has 0 aliphatic carbocycles. The van der Waals surface area contributed by atoms with Crippen molar-refractivity contribution in [2.45, 2.75) is 26.2 Å². The van der Waals surface area contributed by atoms with Gasteiger partial charge in [-0.05, 0) is 12.1 Å². The molecule has 3 amide bonds. The zero-order chi connectivity index (χ0) is 15.5. The fourth-order valence-corrected chi connectivity index (χ4v) is 1.97. The van der Waals surface area contributed by atoms with Gasteiger partial charge in [0.1, 0.15) is 0 Å². The zero-order valence-corrected chi connectivity index (χ0v) is 12.6. The van der Waals surface area contributed by atoms with Gasteiger partial charge in [-0.25, -0.2) is 4.79 Å². The summed E-state index contributed by atoms with van der Waals surface area (Å²) in [6, 6.07) is 3.40. The average molecular weight is 291 g/mol. The van der Waals surface area contributed by atoms with Gasteiger partial charge in [-0.15, -0.1) is 5.10 Å². The average Bonchev–Trinajstić information content (AvgIpc) is 2.83. The number of urea groups is 1. The van der Waals surface area contributed by atoms with Crippen molar-refractivity contribution in [2.75, 3.05) is 26.2 Å². The number of carbonyl (C=O) groups is 2. The standard InChI is InChI=1S/C14H21N5O2/c1-14(2,3)11-5-4-10(17-18-11)12(20)15-6-8-19-9-7-16-13(19)21/h4-5H,6-9H2,1-3H3,(H,15,20)(H,16,21). The Kier molecular flexibility index (Phi) is 4.40. The number of rotatable bonds is 4. The van der Waals surface area contributed by atoms with Crippen molar-refractivity contribution in [3.05, 3.63) is 23.5 Å². The molecule has 1 aliphatic heterocycles. The molecule has 0 radical (unpaired) electrons. The van der Waals surface area contributed by atoms with E-state index in [-0.39, 0.29) is 23.0 Å². The van der Waals surface area contributed by atoms with E-state index in [9.17, 15) is 9.59 Å². The molecule has 0 aromatic carbocycles. The number of amides is 3. The molecule has 0 bridgehead atoms. The van der Waals surface area contributed by atoms with E-state index in [4.69, 9.17) is 0 Å². The van der Waals surface area contributed by atoms with Gasteiger partial charge in [-0.3, -0.25) is 4.79 Å². The molecule has 2 heterocycles. The van der Waals surface area contributed by atoms with Crippen LogP contribution in [0.15, 0.2) is 12.1 Å². The number of aromatic nitrogens is 2. The van der Waals surface area contributed by atoms with Crippen molar-refractivity contribution in [1.82, 2.24) is 25.7 Å². The molecule has 1 aromatic rings. The van der Waals surface area contributed by atoms with Gasteiger partial charge in [0, 0.05) is 31.6 Å². The van der Waals surface area contributed by atoms with E-state index in [0.29, 0.717) is 26.2 Å². The predicted octanol–water partition coefficient (Wildman–Crippen LogP) is 0.529. The minimum absolute atomic E-state index is 0.0847. The molecule has 1 aliphatic rings. The molecule has 7 nitrogen and oxygen atoms in total. The molecule has 0 unspecified atom stereocenters. The third-order valence-corrected chi connectivity index (χ3v) is 3.28. The summed E-state index contributed by atoms with van der Waals surface area (Å²) in [5.74, 6) is -0.275. The lowest BCUT2D eigenvalue weighted by molar-refractivity contribution is 0.0944. The molecule has 1 aromatic heterocycles. The molecule has 0 atom stereocenters. The van der Waals surface area contributed by atoms with E-state index in [1.807, 2.05) is 26.8 Å². The second-order valence-electron chi connectivity index (χ2n) is 6.03. The van der Waals surface area contributed by atoms with Crippen molar-refractivity contribution in [3.8, 4) is 0 Å². The topological polar surface area (TPSA) is 87.2 Å². The quantitative estimate of drug-likeness (QED) is 0.847. The first-order valence-corrected chi connectivity index (χ1v) is 7.03. The SMILES string of the molecule is CC(C)(C)c1ccc(C(=O)NCCN2CCNC2=O)nn1. The summed E-state index contributed by atoms with van der Waals surface area (Å²) in [6.45, 7) is 8.34. The van der Waals surface area contributed by atoms with Crippen molar-refractivity contribution in [1.29, 1.82) is 0 Å². The van der Waals surface area contributed by atoms with Gasteiger partial charge in [0.2, 0.25) is 0 Å². The highest BCUT2D eigenvalue weighted by molar-refractivity contribution is 5.92. The van der Waals surface area contributed by atoms with E-state index in [1.165, 1.54) is 0 Å². The van der Waals surface area contributed by atoms with Crippen LogP contribution in [0, 0.1) is 0 Å². The molecule has 21 heavy (non-hydrogen) atoms. The molecule has 2 rings (SSSR count). The van der Waals surface area contributed by atoms with Crippen molar-refractivity contribution in [2.24, 2.45) is 0 Å². The third kappa shape index (κ3) is 3.90. The van der Waals surface area contributed by atoms with Gasteiger partial charge in [0.15, 0.2) is 5.69 Å². The molecule has 7 heteroatoms. The predicted molar refractivity (Wildman–Crippen MR) is 78.0 cm³/mol. The van der Waals surface area contributed by atoms with Gasteiger partial charge in [0.25, 0.3) is 5.91 Å². The van der Waals surface area contributed by atoms with Crippen molar-refractivity contribution >= 4 is 11.9 Å². The molecule has 1 fully saturated rings. The first-order valence-electron chi connectivity index (χ1n) is 7.03. The Morgan fingerprint density at radius 2 is 2.14 bits per heavy atom. The van der Waals surface area contributed by atoms with Crippen LogP contribution in [0.4, 0.5) is 4.79 Å². The van der Waals surface area contributed by atoms with Gasteiger partial charge < -0.3 is 15.5 Å². The monoisotopic (exact) mass is 291 g/mol. The Labute approximate surface area is 124 Å². The highest BCUT2D eigenvalue weighted by Crippen LogP contribution is 2.18. The molecule has 2 N–H and O–H groups in total. The van der Waals surface area contributed by atoms with E-state index < -0.39 is 0 Å². The first-order chi connectivity index (χ1) is 9.88. The molecular weight excluding hydrogens is 270 g/mol. The van der Waals surface area contributed by atoms with Crippen LogP contribution in [-0.2, 0) is 5.41 Å². The van der Waals surface area contributed by atoms with Crippen LogP contribution in [-0.4, -0.2) is 53.2 Å². The van der Waals surface area contributed by atoms with E-state index in [2.05, 4.69) is 20.8 Å². The maximum Gasteiger partial charge on any atom is 0.317 e. The summed E-state index contributed by atoms with van der Waals surface area (Å²) in [5, 5.41) is 13.5. The fraction of sp³-hybridized carbons (Fsp3) is 0.571. The Balaban J connectivity index is 1.84. The van der Waals surface area contributed by atoms with Crippen LogP contribution < -0.4 is 10.6 Å².